The van der Waals surface area contributed by atoms with Gasteiger partial charge in [0.25, 0.3) is 0 Å². The standard InChI is InChI=1S/C17H14Cl2N4/c1-11-9-16(22-15-10-12(18)7-8-14(15)19)23-17(20-11)21-13-5-3-2-4-6-13/h2-10H,1H3,(H2,20,21,22,23). The summed E-state index contributed by atoms with van der Waals surface area (Å²) in [5.41, 5.74) is 2.45. The molecule has 3 rings (SSSR count). The van der Waals surface area contributed by atoms with Crippen molar-refractivity contribution in [1.29, 1.82) is 0 Å². The first-order valence-electron chi connectivity index (χ1n) is 7.00. The Balaban J connectivity index is 1.87. The highest BCUT2D eigenvalue weighted by molar-refractivity contribution is 6.35. The van der Waals surface area contributed by atoms with E-state index in [1.54, 1.807) is 18.2 Å². The van der Waals surface area contributed by atoms with Crippen molar-refractivity contribution in [2.75, 3.05) is 10.6 Å². The lowest BCUT2D eigenvalue weighted by Gasteiger charge is -2.11. The number of para-hydroxylation sites is 1. The van der Waals surface area contributed by atoms with Crippen LogP contribution in [0.4, 0.5) is 23.1 Å². The summed E-state index contributed by atoms with van der Waals surface area (Å²) < 4.78 is 0. The van der Waals surface area contributed by atoms with E-state index in [1.165, 1.54) is 0 Å². The monoisotopic (exact) mass is 344 g/mol. The highest BCUT2D eigenvalue weighted by atomic mass is 35.5. The predicted octanol–water partition coefficient (Wildman–Crippen LogP) is 5.58. The number of aryl methyl sites for hydroxylation is 1. The molecule has 0 atom stereocenters. The molecule has 3 aromatic rings. The van der Waals surface area contributed by atoms with Gasteiger partial charge in [0.1, 0.15) is 5.82 Å². The van der Waals surface area contributed by atoms with E-state index in [0.29, 0.717) is 27.5 Å². The van der Waals surface area contributed by atoms with Crippen molar-refractivity contribution in [3.8, 4) is 0 Å². The van der Waals surface area contributed by atoms with Crippen LogP contribution in [0.15, 0.2) is 54.6 Å². The molecule has 1 heterocycles. The zero-order valence-corrected chi connectivity index (χ0v) is 13.9. The van der Waals surface area contributed by atoms with Crippen LogP contribution in [-0.2, 0) is 0 Å². The second-order valence-corrected chi connectivity index (χ2v) is 5.80. The maximum Gasteiger partial charge on any atom is 0.229 e. The topological polar surface area (TPSA) is 49.8 Å². The van der Waals surface area contributed by atoms with Crippen molar-refractivity contribution < 1.29 is 0 Å². The van der Waals surface area contributed by atoms with Gasteiger partial charge in [-0.15, -0.1) is 0 Å². The maximum atomic E-state index is 6.18. The normalized spacial score (nSPS) is 10.4. The minimum atomic E-state index is 0.511. The molecule has 0 aliphatic heterocycles. The summed E-state index contributed by atoms with van der Waals surface area (Å²) in [6, 6.07) is 16.8. The zero-order valence-electron chi connectivity index (χ0n) is 12.3. The highest BCUT2D eigenvalue weighted by Gasteiger charge is 2.06. The molecule has 1 aromatic heterocycles. The number of anilines is 4. The van der Waals surface area contributed by atoms with Gasteiger partial charge < -0.3 is 10.6 Å². The van der Waals surface area contributed by atoms with E-state index in [0.717, 1.165) is 11.4 Å². The molecule has 23 heavy (non-hydrogen) atoms. The second kappa shape index (κ2) is 6.86. The number of benzene rings is 2. The van der Waals surface area contributed by atoms with Gasteiger partial charge in [0.05, 0.1) is 10.7 Å². The molecule has 2 N–H and O–H groups in total. The SMILES string of the molecule is Cc1cc(Nc2cc(Cl)ccc2Cl)nc(Nc2ccccc2)n1. The average molecular weight is 345 g/mol. The predicted molar refractivity (Wildman–Crippen MR) is 96.2 cm³/mol. The van der Waals surface area contributed by atoms with Gasteiger partial charge in [-0.05, 0) is 37.3 Å². The number of rotatable bonds is 4. The van der Waals surface area contributed by atoms with Crippen LogP contribution in [0.5, 0.6) is 0 Å². The van der Waals surface area contributed by atoms with Gasteiger partial charge in [-0.3, -0.25) is 0 Å². The molecule has 0 amide bonds. The zero-order chi connectivity index (χ0) is 16.2. The Labute approximate surface area is 144 Å². The fraction of sp³-hybridized carbons (Fsp3) is 0.0588. The fourth-order valence-corrected chi connectivity index (χ4v) is 2.41. The first-order valence-corrected chi connectivity index (χ1v) is 7.75. The minimum Gasteiger partial charge on any atom is -0.339 e. The lowest BCUT2D eigenvalue weighted by molar-refractivity contribution is 1.11. The number of halogens is 2. The summed E-state index contributed by atoms with van der Waals surface area (Å²) >= 11 is 12.2. The Bertz CT molecular complexity index is 822. The highest BCUT2D eigenvalue weighted by Crippen LogP contribution is 2.28. The minimum absolute atomic E-state index is 0.511. The van der Waals surface area contributed by atoms with Crippen LogP contribution in [0.3, 0.4) is 0 Å². The van der Waals surface area contributed by atoms with Crippen LogP contribution >= 0.6 is 23.2 Å². The molecule has 2 aromatic carbocycles. The molecule has 0 unspecified atom stereocenters. The Hall–Kier alpha value is -2.30. The van der Waals surface area contributed by atoms with Crippen LogP contribution in [0.25, 0.3) is 0 Å². The van der Waals surface area contributed by atoms with Crippen molar-refractivity contribution in [2.45, 2.75) is 6.92 Å². The van der Waals surface area contributed by atoms with E-state index in [-0.39, 0.29) is 0 Å². The quantitative estimate of drug-likeness (QED) is 0.648. The van der Waals surface area contributed by atoms with Gasteiger partial charge in [0.15, 0.2) is 0 Å². The summed E-state index contributed by atoms with van der Waals surface area (Å²) in [4.78, 5) is 8.85. The van der Waals surface area contributed by atoms with Gasteiger partial charge in [-0.25, -0.2) is 4.98 Å². The first-order chi connectivity index (χ1) is 11.1. The molecule has 0 bridgehead atoms. The number of hydrogen-bond acceptors (Lipinski definition) is 4. The van der Waals surface area contributed by atoms with Crippen LogP contribution in [0.1, 0.15) is 5.69 Å². The Morgan fingerprint density at radius 1 is 0.870 bits per heavy atom. The summed E-state index contributed by atoms with van der Waals surface area (Å²) in [6.07, 6.45) is 0. The van der Waals surface area contributed by atoms with Gasteiger partial charge in [-0.1, -0.05) is 41.4 Å². The number of nitrogens with one attached hydrogen (secondary N) is 2. The third-order valence-corrected chi connectivity index (χ3v) is 3.64. The molecule has 116 valence electrons. The van der Waals surface area contributed by atoms with Crippen molar-refractivity contribution in [2.24, 2.45) is 0 Å². The van der Waals surface area contributed by atoms with Gasteiger partial charge >= 0.3 is 0 Å². The molecule has 0 radical (unpaired) electrons. The summed E-state index contributed by atoms with van der Waals surface area (Å²) in [6.45, 7) is 1.91. The Morgan fingerprint density at radius 2 is 1.65 bits per heavy atom. The lowest BCUT2D eigenvalue weighted by atomic mass is 10.3. The van der Waals surface area contributed by atoms with E-state index < -0.39 is 0 Å². The van der Waals surface area contributed by atoms with Gasteiger partial charge in [0.2, 0.25) is 5.95 Å². The third kappa shape index (κ3) is 4.12. The van der Waals surface area contributed by atoms with Crippen LogP contribution in [-0.4, -0.2) is 9.97 Å². The number of nitrogens with zero attached hydrogens (tertiary/aromatic N) is 2. The molecule has 0 spiro atoms. The van der Waals surface area contributed by atoms with Crippen LogP contribution in [0.2, 0.25) is 10.0 Å². The van der Waals surface area contributed by atoms with E-state index >= 15 is 0 Å². The smallest absolute Gasteiger partial charge is 0.229 e. The second-order valence-electron chi connectivity index (χ2n) is 4.96. The number of aromatic nitrogens is 2. The molecule has 0 aliphatic rings. The van der Waals surface area contributed by atoms with Crippen molar-refractivity contribution in [3.05, 3.63) is 70.3 Å². The summed E-state index contributed by atoms with van der Waals surface area (Å²) in [5.74, 6) is 1.15. The van der Waals surface area contributed by atoms with Gasteiger partial charge in [-0.2, -0.15) is 4.98 Å². The first kappa shape index (κ1) is 15.6. The summed E-state index contributed by atoms with van der Waals surface area (Å²) in [7, 11) is 0. The van der Waals surface area contributed by atoms with Crippen molar-refractivity contribution in [3.63, 3.8) is 0 Å². The van der Waals surface area contributed by atoms with E-state index in [9.17, 15) is 0 Å². The Kier molecular flexibility index (Phi) is 4.65. The van der Waals surface area contributed by atoms with E-state index in [4.69, 9.17) is 23.2 Å². The molecular weight excluding hydrogens is 331 g/mol. The van der Waals surface area contributed by atoms with Gasteiger partial charge in [0, 0.05) is 22.5 Å². The lowest BCUT2D eigenvalue weighted by Crippen LogP contribution is -2.02. The summed E-state index contributed by atoms with van der Waals surface area (Å²) in [5, 5.41) is 7.52. The average Bonchev–Trinajstić information content (AvgIpc) is 2.51. The molecule has 6 heteroatoms. The van der Waals surface area contributed by atoms with Crippen LogP contribution < -0.4 is 10.6 Å². The molecule has 0 saturated carbocycles. The molecule has 0 aliphatic carbocycles. The van der Waals surface area contributed by atoms with Crippen molar-refractivity contribution in [1.82, 2.24) is 9.97 Å². The largest absolute Gasteiger partial charge is 0.339 e. The molecule has 0 saturated heterocycles. The Morgan fingerprint density at radius 3 is 2.43 bits per heavy atom. The maximum absolute atomic E-state index is 6.18. The number of hydrogen-bond donors (Lipinski definition) is 2. The van der Waals surface area contributed by atoms with E-state index in [2.05, 4.69) is 20.6 Å². The molecular formula is C17H14Cl2N4. The van der Waals surface area contributed by atoms with E-state index in [1.807, 2.05) is 43.3 Å². The third-order valence-electron chi connectivity index (χ3n) is 3.08. The fourth-order valence-electron chi connectivity index (χ4n) is 2.07. The van der Waals surface area contributed by atoms with Crippen molar-refractivity contribution >= 4 is 46.3 Å². The molecule has 0 fully saturated rings. The molecule has 4 nitrogen and oxygen atoms in total. The van der Waals surface area contributed by atoms with Crippen LogP contribution in [0, 0.1) is 6.92 Å².